The molecule has 1 amide bonds. The zero-order valence-corrected chi connectivity index (χ0v) is 18.0. The number of amides is 1. The highest BCUT2D eigenvalue weighted by Gasteiger charge is 2.20. The van der Waals surface area contributed by atoms with E-state index in [1.165, 1.54) is 6.42 Å². The summed E-state index contributed by atoms with van der Waals surface area (Å²) in [5, 5.41) is 10.7. The fourth-order valence-electron chi connectivity index (χ4n) is 3.66. The number of piperidine rings is 1. The Morgan fingerprint density at radius 3 is 2.82 bits per heavy atom. The third kappa shape index (κ3) is 6.84. The number of guanidine groups is 1. The molecule has 1 aromatic heterocycles. The Kier molecular flexibility index (Phi) is 9.31. The summed E-state index contributed by atoms with van der Waals surface area (Å²) in [6.07, 6.45) is 4.93. The first kappa shape index (κ1) is 22.2. The summed E-state index contributed by atoms with van der Waals surface area (Å²) in [5.74, 6) is 2.73. The lowest BCUT2D eigenvalue weighted by atomic mass is 9.99. The SMILES string of the molecule is CCNC(=NCc1cc(C(CC)CC)no1)NCCC(=O)N1CCCC(C)C1. The van der Waals surface area contributed by atoms with E-state index in [9.17, 15) is 4.79 Å². The standard InChI is InChI=1S/C21H37N5O2/c1-5-17(6-2)19-13-18(28-25-19)14-24-21(22-7-3)23-11-10-20(27)26-12-8-9-16(4)15-26/h13,16-17H,5-12,14-15H2,1-4H3,(H2,22,23,24). The first-order valence-corrected chi connectivity index (χ1v) is 10.8. The van der Waals surface area contributed by atoms with Gasteiger partial charge in [-0.05, 0) is 38.5 Å². The van der Waals surface area contributed by atoms with Gasteiger partial charge in [0.25, 0.3) is 0 Å². The predicted octanol–water partition coefficient (Wildman–Crippen LogP) is 3.28. The number of carbonyl (C=O) groups is 1. The molecule has 1 aromatic rings. The molecule has 1 fully saturated rings. The van der Waals surface area contributed by atoms with Crippen molar-refractivity contribution in [2.75, 3.05) is 26.2 Å². The van der Waals surface area contributed by atoms with Crippen molar-refractivity contribution in [3.05, 3.63) is 17.5 Å². The number of nitrogens with one attached hydrogen (secondary N) is 2. The van der Waals surface area contributed by atoms with Crippen LogP contribution in [0, 0.1) is 5.92 Å². The molecule has 1 aliphatic heterocycles. The summed E-state index contributed by atoms with van der Waals surface area (Å²) in [6, 6.07) is 2.01. The van der Waals surface area contributed by atoms with Crippen LogP contribution in [0.2, 0.25) is 0 Å². The van der Waals surface area contributed by atoms with Crippen molar-refractivity contribution < 1.29 is 9.32 Å². The number of aromatic nitrogens is 1. The van der Waals surface area contributed by atoms with Crippen molar-refractivity contribution in [2.45, 2.75) is 72.3 Å². The van der Waals surface area contributed by atoms with Gasteiger partial charge in [0.05, 0.1) is 5.69 Å². The number of nitrogens with zero attached hydrogens (tertiary/aromatic N) is 3. The van der Waals surface area contributed by atoms with Crippen LogP contribution >= 0.6 is 0 Å². The third-order valence-electron chi connectivity index (χ3n) is 5.36. The zero-order chi connectivity index (χ0) is 20.4. The van der Waals surface area contributed by atoms with Gasteiger partial charge in [0, 0.05) is 44.6 Å². The Balaban J connectivity index is 1.82. The molecule has 0 spiro atoms. The van der Waals surface area contributed by atoms with Crippen LogP contribution < -0.4 is 10.6 Å². The van der Waals surface area contributed by atoms with E-state index in [0.29, 0.717) is 37.3 Å². The Morgan fingerprint density at radius 2 is 2.14 bits per heavy atom. The normalized spacial score (nSPS) is 17.8. The van der Waals surface area contributed by atoms with Crippen molar-refractivity contribution in [3.63, 3.8) is 0 Å². The van der Waals surface area contributed by atoms with Gasteiger partial charge in [0.2, 0.25) is 5.91 Å². The van der Waals surface area contributed by atoms with Crippen LogP contribution in [0.15, 0.2) is 15.6 Å². The maximum Gasteiger partial charge on any atom is 0.224 e. The molecule has 7 heteroatoms. The summed E-state index contributed by atoms with van der Waals surface area (Å²) in [4.78, 5) is 18.9. The van der Waals surface area contributed by atoms with E-state index in [1.54, 1.807) is 0 Å². The van der Waals surface area contributed by atoms with Crippen molar-refractivity contribution >= 4 is 11.9 Å². The second-order valence-electron chi connectivity index (χ2n) is 7.69. The van der Waals surface area contributed by atoms with Gasteiger partial charge >= 0.3 is 0 Å². The smallest absolute Gasteiger partial charge is 0.224 e. The van der Waals surface area contributed by atoms with Crippen molar-refractivity contribution in [1.29, 1.82) is 0 Å². The second-order valence-corrected chi connectivity index (χ2v) is 7.69. The van der Waals surface area contributed by atoms with Crippen LogP contribution in [0.5, 0.6) is 0 Å². The van der Waals surface area contributed by atoms with E-state index in [4.69, 9.17) is 4.52 Å². The largest absolute Gasteiger partial charge is 0.359 e. The van der Waals surface area contributed by atoms with Gasteiger partial charge in [-0.15, -0.1) is 0 Å². The molecule has 0 aliphatic carbocycles. The maximum atomic E-state index is 12.4. The maximum absolute atomic E-state index is 12.4. The van der Waals surface area contributed by atoms with Crippen LogP contribution in [0.25, 0.3) is 0 Å². The minimum Gasteiger partial charge on any atom is -0.359 e. The van der Waals surface area contributed by atoms with E-state index in [2.05, 4.69) is 41.6 Å². The number of carbonyl (C=O) groups excluding carboxylic acids is 1. The van der Waals surface area contributed by atoms with Crippen LogP contribution in [-0.4, -0.2) is 48.1 Å². The third-order valence-corrected chi connectivity index (χ3v) is 5.36. The molecule has 0 bridgehead atoms. The quantitative estimate of drug-likeness (QED) is 0.499. The molecule has 1 unspecified atom stereocenters. The van der Waals surface area contributed by atoms with Crippen LogP contribution in [-0.2, 0) is 11.3 Å². The molecule has 28 heavy (non-hydrogen) atoms. The minimum absolute atomic E-state index is 0.222. The minimum atomic E-state index is 0.222. The summed E-state index contributed by atoms with van der Waals surface area (Å²) >= 11 is 0. The van der Waals surface area contributed by atoms with Gasteiger partial charge in [-0.2, -0.15) is 0 Å². The van der Waals surface area contributed by atoms with Gasteiger partial charge in [-0.3, -0.25) is 4.79 Å². The molecule has 0 radical (unpaired) electrons. The number of hydrogen-bond donors (Lipinski definition) is 2. The molecule has 0 aromatic carbocycles. The van der Waals surface area contributed by atoms with E-state index >= 15 is 0 Å². The molecule has 2 rings (SSSR count). The van der Waals surface area contributed by atoms with Gasteiger partial charge in [-0.1, -0.05) is 25.9 Å². The van der Waals surface area contributed by atoms with Crippen LogP contribution in [0.3, 0.4) is 0 Å². The molecular formula is C21H37N5O2. The molecule has 1 saturated heterocycles. The zero-order valence-electron chi connectivity index (χ0n) is 18.0. The van der Waals surface area contributed by atoms with Gasteiger partial charge in [0.1, 0.15) is 6.54 Å². The molecule has 1 atom stereocenters. The van der Waals surface area contributed by atoms with Crippen LogP contribution in [0.4, 0.5) is 0 Å². The number of rotatable bonds is 9. The Morgan fingerprint density at radius 1 is 1.36 bits per heavy atom. The molecule has 0 saturated carbocycles. The fourth-order valence-corrected chi connectivity index (χ4v) is 3.66. The highest BCUT2D eigenvalue weighted by Crippen LogP contribution is 2.22. The predicted molar refractivity (Wildman–Crippen MR) is 112 cm³/mol. The van der Waals surface area contributed by atoms with Crippen molar-refractivity contribution in [1.82, 2.24) is 20.7 Å². The molecule has 2 heterocycles. The number of hydrogen-bond acceptors (Lipinski definition) is 4. The van der Waals surface area contributed by atoms with Crippen LogP contribution in [0.1, 0.15) is 77.2 Å². The highest BCUT2D eigenvalue weighted by molar-refractivity contribution is 5.81. The van der Waals surface area contributed by atoms with Gasteiger partial charge in [0.15, 0.2) is 11.7 Å². The monoisotopic (exact) mass is 391 g/mol. The van der Waals surface area contributed by atoms with E-state index in [1.807, 2.05) is 17.9 Å². The average Bonchev–Trinajstić information content (AvgIpc) is 3.15. The van der Waals surface area contributed by atoms with Crippen molar-refractivity contribution in [3.8, 4) is 0 Å². The Bertz CT molecular complexity index is 624. The van der Waals surface area contributed by atoms with Crippen molar-refractivity contribution in [2.24, 2.45) is 10.9 Å². The first-order chi connectivity index (χ1) is 13.6. The molecule has 1 aliphatic rings. The van der Waals surface area contributed by atoms with Gasteiger partial charge in [-0.25, -0.2) is 4.99 Å². The number of likely N-dealkylation sites (tertiary alicyclic amines) is 1. The summed E-state index contributed by atoms with van der Waals surface area (Å²) in [6.45, 7) is 12.1. The lowest BCUT2D eigenvalue weighted by Crippen LogP contribution is -2.42. The lowest BCUT2D eigenvalue weighted by Gasteiger charge is -2.31. The summed E-state index contributed by atoms with van der Waals surface area (Å²) in [7, 11) is 0. The second kappa shape index (κ2) is 11.7. The Labute approximate surface area is 169 Å². The Hall–Kier alpha value is -2.05. The lowest BCUT2D eigenvalue weighted by molar-refractivity contribution is -0.132. The summed E-state index contributed by atoms with van der Waals surface area (Å²) in [5.41, 5.74) is 1.01. The summed E-state index contributed by atoms with van der Waals surface area (Å²) < 4.78 is 5.44. The highest BCUT2D eigenvalue weighted by atomic mass is 16.5. The first-order valence-electron chi connectivity index (χ1n) is 10.8. The van der Waals surface area contributed by atoms with E-state index in [-0.39, 0.29) is 5.91 Å². The molecule has 158 valence electrons. The number of aliphatic imine (C=N–C) groups is 1. The average molecular weight is 392 g/mol. The molecular weight excluding hydrogens is 354 g/mol. The molecule has 2 N–H and O–H groups in total. The fraction of sp³-hybridized carbons (Fsp3) is 0.762. The molecule has 7 nitrogen and oxygen atoms in total. The van der Waals surface area contributed by atoms with Gasteiger partial charge < -0.3 is 20.1 Å². The van der Waals surface area contributed by atoms with E-state index in [0.717, 1.165) is 50.4 Å². The van der Waals surface area contributed by atoms with E-state index < -0.39 is 0 Å². The topological polar surface area (TPSA) is 82.8 Å².